The number of hydrogen-bond donors (Lipinski definition) is 0. The van der Waals surface area contributed by atoms with Crippen LogP contribution in [-0.2, 0) is 4.79 Å². The lowest BCUT2D eigenvalue weighted by Crippen LogP contribution is -2.47. The van der Waals surface area contributed by atoms with Crippen LogP contribution < -0.4 is 4.90 Å². The van der Waals surface area contributed by atoms with Crippen molar-refractivity contribution in [2.24, 2.45) is 4.99 Å². The molecular formula is C22H22N2O. The zero-order chi connectivity index (χ0) is 17.9. The highest BCUT2D eigenvalue weighted by atomic mass is 16.2. The standard InChI is InChI=1S/C22H22N2O/c1-13-6-8-16(9-7-13)23-19-18-11-14(2)10-17-15(3)12-22(4,5)24(20(17)18)21(19)25/h6-12H,1-5H3. The second-order valence-electron chi connectivity index (χ2n) is 7.63. The Morgan fingerprint density at radius 1 is 0.920 bits per heavy atom. The van der Waals surface area contributed by atoms with E-state index in [2.05, 4.69) is 45.9 Å². The van der Waals surface area contributed by atoms with Crippen LogP contribution in [0.2, 0.25) is 0 Å². The van der Waals surface area contributed by atoms with E-state index >= 15 is 0 Å². The molecule has 2 aromatic rings. The molecule has 3 heteroatoms. The van der Waals surface area contributed by atoms with Gasteiger partial charge in [-0.2, -0.15) is 0 Å². The Morgan fingerprint density at radius 3 is 2.24 bits per heavy atom. The van der Waals surface area contributed by atoms with E-state index < -0.39 is 0 Å². The second-order valence-corrected chi connectivity index (χ2v) is 7.63. The van der Waals surface area contributed by atoms with Gasteiger partial charge in [0.05, 0.1) is 16.9 Å². The lowest BCUT2D eigenvalue weighted by molar-refractivity contribution is -0.112. The topological polar surface area (TPSA) is 32.7 Å². The average Bonchev–Trinajstić information content (AvgIpc) is 2.80. The molecule has 2 heterocycles. The number of hydrogen-bond acceptors (Lipinski definition) is 2. The van der Waals surface area contributed by atoms with Gasteiger partial charge < -0.3 is 0 Å². The molecule has 126 valence electrons. The largest absolute Gasteiger partial charge is 0.297 e. The molecule has 2 aliphatic heterocycles. The van der Waals surface area contributed by atoms with Gasteiger partial charge in [-0.15, -0.1) is 0 Å². The summed E-state index contributed by atoms with van der Waals surface area (Å²) in [5, 5.41) is 0. The first-order chi connectivity index (χ1) is 11.8. The number of allylic oxidation sites excluding steroid dienone is 1. The van der Waals surface area contributed by atoms with Gasteiger partial charge in [0.2, 0.25) is 0 Å². The third kappa shape index (κ3) is 2.34. The fourth-order valence-electron chi connectivity index (χ4n) is 3.90. The number of carbonyl (C=O) groups is 1. The van der Waals surface area contributed by atoms with Gasteiger partial charge in [0.25, 0.3) is 5.91 Å². The fraction of sp³-hybridized carbons (Fsp3) is 0.273. The Bertz CT molecular complexity index is 962. The first-order valence-corrected chi connectivity index (χ1v) is 8.63. The summed E-state index contributed by atoms with van der Waals surface area (Å²) in [6.45, 7) is 10.4. The van der Waals surface area contributed by atoms with Crippen LogP contribution in [0.25, 0.3) is 5.57 Å². The highest BCUT2D eigenvalue weighted by Gasteiger charge is 2.45. The minimum Gasteiger partial charge on any atom is -0.297 e. The minimum absolute atomic E-state index is 0.0174. The molecule has 0 saturated heterocycles. The molecular weight excluding hydrogens is 308 g/mol. The quantitative estimate of drug-likeness (QED) is 0.727. The molecule has 25 heavy (non-hydrogen) atoms. The van der Waals surface area contributed by atoms with Crippen molar-refractivity contribution in [3.63, 3.8) is 0 Å². The van der Waals surface area contributed by atoms with E-state index in [0.29, 0.717) is 5.71 Å². The number of carbonyl (C=O) groups excluding carboxylic acids is 1. The monoisotopic (exact) mass is 330 g/mol. The lowest BCUT2D eigenvalue weighted by atomic mass is 9.88. The first-order valence-electron chi connectivity index (χ1n) is 8.63. The Morgan fingerprint density at radius 2 is 1.56 bits per heavy atom. The van der Waals surface area contributed by atoms with Crippen molar-refractivity contribution in [3.8, 4) is 0 Å². The maximum Gasteiger partial charge on any atom is 0.278 e. The molecule has 0 atom stereocenters. The van der Waals surface area contributed by atoms with Crippen LogP contribution in [0.3, 0.4) is 0 Å². The van der Waals surface area contributed by atoms with Crippen molar-refractivity contribution < 1.29 is 4.79 Å². The normalized spacial score (nSPS) is 19.2. The van der Waals surface area contributed by atoms with Crippen LogP contribution in [0.15, 0.2) is 47.5 Å². The summed E-state index contributed by atoms with van der Waals surface area (Å²) < 4.78 is 0. The molecule has 2 aromatic carbocycles. The molecule has 4 rings (SSSR count). The number of nitrogens with zero attached hydrogens (tertiary/aromatic N) is 2. The summed E-state index contributed by atoms with van der Waals surface area (Å²) in [6, 6.07) is 12.2. The maximum atomic E-state index is 13.3. The molecule has 0 bridgehead atoms. The summed E-state index contributed by atoms with van der Waals surface area (Å²) in [6.07, 6.45) is 2.17. The minimum atomic E-state index is -0.358. The fourth-order valence-corrected chi connectivity index (χ4v) is 3.90. The van der Waals surface area contributed by atoms with Crippen molar-refractivity contribution in [2.45, 2.75) is 40.2 Å². The number of benzene rings is 2. The van der Waals surface area contributed by atoms with E-state index in [-0.39, 0.29) is 11.4 Å². The van der Waals surface area contributed by atoms with E-state index in [1.165, 1.54) is 11.1 Å². The molecule has 0 saturated carbocycles. The SMILES string of the molecule is CC1=CC(C)(C)N2C(=O)C(=Nc3ccc(C)cc3)c3cc(C)cc1c32. The number of aliphatic imine (C=N–C) groups is 1. The van der Waals surface area contributed by atoms with Crippen LogP contribution in [-0.4, -0.2) is 17.2 Å². The van der Waals surface area contributed by atoms with Crippen molar-refractivity contribution in [2.75, 3.05) is 4.90 Å². The van der Waals surface area contributed by atoms with Gasteiger partial charge >= 0.3 is 0 Å². The van der Waals surface area contributed by atoms with Gasteiger partial charge in [0, 0.05) is 11.1 Å². The molecule has 0 aromatic heterocycles. The second kappa shape index (κ2) is 5.16. The predicted octanol–water partition coefficient (Wildman–Crippen LogP) is 4.97. The summed E-state index contributed by atoms with van der Waals surface area (Å²) in [7, 11) is 0. The zero-order valence-corrected chi connectivity index (χ0v) is 15.3. The van der Waals surface area contributed by atoms with Crippen molar-refractivity contribution in [3.05, 3.63) is 64.7 Å². The number of aryl methyl sites for hydroxylation is 2. The molecule has 0 spiro atoms. The number of amides is 1. The van der Waals surface area contributed by atoms with Crippen molar-refractivity contribution in [1.29, 1.82) is 0 Å². The molecule has 0 radical (unpaired) electrons. The molecule has 3 nitrogen and oxygen atoms in total. The number of anilines is 1. The summed E-state index contributed by atoms with van der Waals surface area (Å²) in [4.78, 5) is 19.9. The Balaban J connectivity index is 1.97. The van der Waals surface area contributed by atoms with Gasteiger partial charge in [0.15, 0.2) is 0 Å². The molecule has 0 N–H and O–H groups in total. The number of rotatable bonds is 1. The Hall–Kier alpha value is -2.68. The van der Waals surface area contributed by atoms with Gasteiger partial charge in [-0.1, -0.05) is 23.8 Å². The van der Waals surface area contributed by atoms with E-state index in [1.54, 1.807) is 0 Å². The highest BCUT2D eigenvalue weighted by molar-refractivity contribution is 6.55. The van der Waals surface area contributed by atoms with E-state index in [4.69, 9.17) is 4.99 Å². The molecule has 0 fully saturated rings. The zero-order valence-electron chi connectivity index (χ0n) is 15.3. The summed E-state index contributed by atoms with van der Waals surface area (Å²) in [5.41, 5.74) is 7.62. The van der Waals surface area contributed by atoms with Crippen molar-refractivity contribution >= 4 is 28.6 Å². The molecule has 0 aliphatic carbocycles. The van der Waals surface area contributed by atoms with Crippen LogP contribution in [0.4, 0.5) is 11.4 Å². The smallest absolute Gasteiger partial charge is 0.278 e. The lowest BCUT2D eigenvalue weighted by Gasteiger charge is -2.38. The predicted molar refractivity (Wildman–Crippen MR) is 104 cm³/mol. The van der Waals surface area contributed by atoms with Crippen LogP contribution in [0.1, 0.15) is 43.0 Å². The Kier molecular flexibility index (Phi) is 3.26. The van der Waals surface area contributed by atoms with E-state index in [1.807, 2.05) is 36.1 Å². The van der Waals surface area contributed by atoms with Gasteiger partial charge in [-0.05, 0) is 70.0 Å². The highest BCUT2D eigenvalue weighted by Crippen LogP contribution is 2.46. The van der Waals surface area contributed by atoms with E-state index in [0.717, 1.165) is 28.1 Å². The first kappa shape index (κ1) is 15.8. The van der Waals surface area contributed by atoms with Crippen LogP contribution in [0.5, 0.6) is 0 Å². The maximum absolute atomic E-state index is 13.3. The Labute approximate surface area is 148 Å². The molecule has 2 aliphatic rings. The third-order valence-corrected chi connectivity index (χ3v) is 4.98. The summed E-state index contributed by atoms with van der Waals surface area (Å²) >= 11 is 0. The van der Waals surface area contributed by atoms with Crippen LogP contribution >= 0.6 is 0 Å². The third-order valence-electron chi connectivity index (χ3n) is 4.98. The van der Waals surface area contributed by atoms with Gasteiger partial charge in [-0.25, -0.2) is 4.99 Å². The van der Waals surface area contributed by atoms with Crippen molar-refractivity contribution in [1.82, 2.24) is 0 Å². The average molecular weight is 330 g/mol. The van der Waals surface area contributed by atoms with E-state index in [9.17, 15) is 4.79 Å². The molecule has 1 amide bonds. The summed E-state index contributed by atoms with van der Waals surface area (Å²) in [5.74, 6) is -0.0174. The van der Waals surface area contributed by atoms with Crippen LogP contribution in [0, 0.1) is 13.8 Å². The van der Waals surface area contributed by atoms with Gasteiger partial charge in [-0.3, -0.25) is 9.69 Å². The molecule has 0 unspecified atom stereocenters. The van der Waals surface area contributed by atoms with Gasteiger partial charge in [0.1, 0.15) is 5.71 Å².